The number of rotatable bonds is 10. The number of carbonyl (C=O) groups is 2. The first kappa shape index (κ1) is 29.0. The molecular formula is C29H34BrF2N3O4. The number of methoxy groups -OCH3 is 1. The number of nitrogens with one attached hydrogen (secondary N) is 1. The molecule has 1 aliphatic rings. The molecule has 0 aliphatic carbocycles. The molecule has 0 spiro atoms. The zero-order valence-corrected chi connectivity index (χ0v) is 23.8. The van der Waals surface area contributed by atoms with E-state index in [0.29, 0.717) is 41.7 Å². The summed E-state index contributed by atoms with van der Waals surface area (Å²) in [6, 6.07) is 8.93. The Morgan fingerprint density at radius 3 is 2.74 bits per heavy atom. The molecule has 2 heterocycles. The number of ether oxygens (including phenoxy) is 1. The van der Waals surface area contributed by atoms with Crippen molar-refractivity contribution in [2.24, 2.45) is 0 Å². The molecule has 2 N–H and O–H groups in total. The van der Waals surface area contributed by atoms with E-state index in [4.69, 9.17) is 4.74 Å². The van der Waals surface area contributed by atoms with Crippen molar-refractivity contribution < 1.29 is 28.2 Å². The Labute approximate surface area is 235 Å². The number of carbonyl (C=O) groups excluding carboxylic acids is 1. The molecule has 0 saturated carbocycles. The molecule has 0 radical (unpaired) electrons. The van der Waals surface area contributed by atoms with Gasteiger partial charge in [0.1, 0.15) is 11.6 Å². The number of likely N-dealkylation sites (tertiary alicyclic amines) is 1. The van der Waals surface area contributed by atoms with E-state index >= 15 is 0 Å². The van der Waals surface area contributed by atoms with Gasteiger partial charge in [-0.2, -0.15) is 0 Å². The van der Waals surface area contributed by atoms with Gasteiger partial charge in [0, 0.05) is 67.3 Å². The highest BCUT2D eigenvalue weighted by atomic mass is 79.9. The fraction of sp³-hybridized carbons (Fsp3) is 0.448. The third-order valence-electron chi connectivity index (χ3n) is 7.45. The molecule has 1 aliphatic heterocycles. The zero-order valence-electron chi connectivity index (χ0n) is 22.2. The number of carboxylic acid groups (broad SMARTS) is 1. The molecule has 0 bridgehead atoms. The van der Waals surface area contributed by atoms with Crippen LogP contribution in [0.2, 0.25) is 0 Å². The Hall–Kier alpha value is -2.98. The number of piperidine rings is 1. The summed E-state index contributed by atoms with van der Waals surface area (Å²) in [4.78, 5) is 26.6. The third-order valence-corrected chi connectivity index (χ3v) is 7.95. The highest BCUT2D eigenvalue weighted by molar-refractivity contribution is 9.10. The Bertz CT molecular complexity index is 1350. The SMILES string of the molecule is COCCCn1c(C2CCCN(C(=O)C[C@@H](Cc3ccc(Br)cc3F)NC(=O)O)C2)c(C)c2c(F)cccc21. The molecule has 1 aromatic heterocycles. The van der Waals surface area contributed by atoms with Gasteiger partial charge < -0.3 is 24.6 Å². The first-order chi connectivity index (χ1) is 18.7. The molecule has 39 heavy (non-hydrogen) atoms. The van der Waals surface area contributed by atoms with E-state index in [1.54, 1.807) is 30.2 Å². The standard InChI is InChI=1S/C29H34BrF2N3O4/c1-18-27-23(31)7-3-8-25(27)35(12-5-13-39-2)28(18)20-6-4-11-34(17-20)26(36)16-22(33-29(37)38)14-19-9-10-21(30)15-24(19)32/h3,7-10,15,20,22,33H,4-6,11-14,16-17H2,1-2H3,(H,37,38)/t20?,22-/m1/s1. The lowest BCUT2D eigenvalue weighted by molar-refractivity contribution is -0.132. The molecule has 2 aromatic carbocycles. The number of fused-ring (bicyclic) bond motifs is 1. The summed E-state index contributed by atoms with van der Waals surface area (Å²) in [5.41, 5.74) is 3.08. The van der Waals surface area contributed by atoms with Gasteiger partial charge in [0.2, 0.25) is 5.91 Å². The first-order valence-electron chi connectivity index (χ1n) is 13.2. The second-order valence-electron chi connectivity index (χ2n) is 10.1. The Kier molecular flexibility index (Phi) is 9.61. The van der Waals surface area contributed by atoms with Crippen LogP contribution in [0.25, 0.3) is 10.9 Å². The summed E-state index contributed by atoms with van der Waals surface area (Å²) in [6.07, 6.45) is 1.11. The average molecular weight is 607 g/mol. The zero-order chi connectivity index (χ0) is 28.1. The fourth-order valence-electron chi connectivity index (χ4n) is 5.77. The summed E-state index contributed by atoms with van der Waals surface area (Å²) < 4.78 is 37.3. The number of benzene rings is 2. The maximum atomic E-state index is 14.9. The van der Waals surface area contributed by atoms with E-state index in [9.17, 15) is 23.5 Å². The molecule has 210 valence electrons. The maximum absolute atomic E-state index is 14.9. The van der Waals surface area contributed by atoms with Crippen LogP contribution in [0.3, 0.4) is 0 Å². The van der Waals surface area contributed by atoms with Gasteiger partial charge in [-0.1, -0.05) is 28.1 Å². The second-order valence-corrected chi connectivity index (χ2v) is 11.0. The van der Waals surface area contributed by atoms with Crippen LogP contribution in [0, 0.1) is 18.6 Å². The van der Waals surface area contributed by atoms with Crippen LogP contribution in [0.15, 0.2) is 40.9 Å². The quantitative estimate of drug-likeness (QED) is 0.278. The van der Waals surface area contributed by atoms with Gasteiger partial charge in [0.15, 0.2) is 0 Å². The van der Waals surface area contributed by atoms with Gasteiger partial charge in [0.05, 0.1) is 5.52 Å². The minimum Gasteiger partial charge on any atom is -0.465 e. The Morgan fingerprint density at radius 2 is 2.03 bits per heavy atom. The molecule has 7 nitrogen and oxygen atoms in total. The topological polar surface area (TPSA) is 83.8 Å². The normalized spacial score (nSPS) is 16.4. The van der Waals surface area contributed by atoms with Crippen LogP contribution in [-0.4, -0.2) is 59.4 Å². The smallest absolute Gasteiger partial charge is 0.404 e. The van der Waals surface area contributed by atoms with Crippen molar-refractivity contribution in [1.82, 2.24) is 14.8 Å². The first-order valence-corrected chi connectivity index (χ1v) is 14.0. The average Bonchev–Trinajstić information content (AvgIpc) is 3.18. The van der Waals surface area contributed by atoms with Crippen molar-refractivity contribution in [3.05, 3.63) is 69.3 Å². The molecular weight excluding hydrogens is 572 g/mol. The number of halogens is 3. The highest BCUT2D eigenvalue weighted by Crippen LogP contribution is 2.37. The molecule has 4 rings (SSSR count). The number of hydrogen-bond donors (Lipinski definition) is 2. The molecule has 1 saturated heterocycles. The number of hydrogen-bond acceptors (Lipinski definition) is 3. The lowest BCUT2D eigenvalue weighted by atomic mass is 9.91. The van der Waals surface area contributed by atoms with Crippen molar-refractivity contribution in [2.45, 2.75) is 57.5 Å². The number of nitrogens with zero attached hydrogens (tertiary/aromatic N) is 2. The molecule has 10 heteroatoms. The summed E-state index contributed by atoms with van der Waals surface area (Å²) >= 11 is 3.22. The fourth-order valence-corrected chi connectivity index (χ4v) is 6.11. The van der Waals surface area contributed by atoms with Gasteiger partial charge >= 0.3 is 6.09 Å². The highest BCUT2D eigenvalue weighted by Gasteiger charge is 2.31. The number of aryl methyl sites for hydroxylation is 2. The predicted octanol–water partition coefficient (Wildman–Crippen LogP) is 6.00. The predicted molar refractivity (Wildman–Crippen MR) is 149 cm³/mol. The number of aromatic nitrogens is 1. The largest absolute Gasteiger partial charge is 0.465 e. The van der Waals surface area contributed by atoms with Crippen LogP contribution >= 0.6 is 15.9 Å². The van der Waals surface area contributed by atoms with Gasteiger partial charge in [-0.15, -0.1) is 0 Å². The van der Waals surface area contributed by atoms with Gasteiger partial charge in [-0.05, 0) is 68.0 Å². The van der Waals surface area contributed by atoms with Crippen LogP contribution < -0.4 is 5.32 Å². The molecule has 1 unspecified atom stereocenters. The lowest BCUT2D eigenvalue weighted by Gasteiger charge is -2.35. The van der Waals surface area contributed by atoms with E-state index in [-0.39, 0.29) is 30.5 Å². The van der Waals surface area contributed by atoms with Crippen LogP contribution in [0.1, 0.15) is 48.4 Å². The van der Waals surface area contributed by atoms with Gasteiger partial charge in [-0.25, -0.2) is 13.6 Å². The maximum Gasteiger partial charge on any atom is 0.404 e. The van der Waals surface area contributed by atoms with Crippen molar-refractivity contribution in [3.8, 4) is 0 Å². The van der Waals surface area contributed by atoms with Crippen LogP contribution in [-0.2, 0) is 22.5 Å². The molecule has 2 atom stereocenters. The second kappa shape index (κ2) is 12.9. The summed E-state index contributed by atoms with van der Waals surface area (Å²) in [6.45, 7) is 4.20. The summed E-state index contributed by atoms with van der Waals surface area (Å²) in [5.74, 6) is -0.909. The monoisotopic (exact) mass is 605 g/mol. The Balaban J connectivity index is 1.55. The third kappa shape index (κ3) is 6.78. The van der Waals surface area contributed by atoms with E-state index in [2.05, 4.69) is 25.8 Å². The van der Waals surface area contributed by atoms with Gasteiger partial charge in [0.25, 0.3) is 0 Å². The lowest BCUT2D eigenvalue weighted by Crippen LogP contribution is -2.44. The molecule has 1 fully saturated rings. The van der Waals surface area contributed by atoms with Crippen LogP contribution in [0.4, 0.5) is 13.6 Å². The minimum absolute atomic E-state index is 0.00634. The van der Waals surface area contributed by atoms with Crippen molar-refractivity contribution >= 4 is 38.8 Å². The molecule has 3 aromatic rings. The van der Waals surface area contributed by atoms with E-state index in [0.717, 1.165) is 36.0 Å². The van der Waals surface area contributed by atoms with E-state index in [1.165, 1.54) is 12.1 Å². The van der Waals surface area contributed by atoms with Gasteiger partial charge in [-0.3, -0.25) is 4.79 Å². The minimum atomic E-state index is -1.26. The Morgan fingerprint density at radius 1 is 1.23 bits per heavy atom. The summed E-state index contributed by atoms with van der Waals surface area (Å²) in [7, 11) is 1.65. The number of amides is 2. The van der Waals surface area contributed by atoms with Crippen molar-refractivity contribution in [2.75, 3.05) is 26.8 Å². The van der Waals surface area contributed by atoms with E-state index < -0.39 is 18.0 Å². The van der Waals surface area contributed by atoms with Crippen molar-refractivity contribution in [1.29, 1.82) is 0 Å². The van der Waals surface area contributed by atoms with Crippen molar-refractivity contribution in [3.63, 3.8) is 0 Å². The van der Waals surface area contributed by atoms with Crippen LogP contribution in [0.5, 0.6) is 0 Å². The van der Waals surface area contributed by atoms with E-state index in [1.807, 2.05) is 13.0 Å². The summed E-state index contributed by atoms with van der Waals surface area (Å²) in [5, 5.41) is 12.3. The molecule has 2 amide bonds.